The first-order valence-electron chi connectivity index (χ1n) is 8.93. The van der Waals surface area contributed by atoms with E-state index in [1.165, 1.54) is 28.3 Å². The number of ether oxygens (including phenoxy) is 1. The molecule has 1 fully saturated rings. The minimum Gasteiger partial charge on any atom is -0.449 e. The summed E-state index contributed by atoms with van der Waals surface area (Å²) in [5.41, 5.74) is 1.47. The lowest BCUT2D eigenvalue weighted by Crippen LogP contribution is -2.37. The van der Waals surface area contributed by atoms with Gasteiger partial charge in [0.1, 0.15) is 0 Å². The number of esters is 1. The lowest BCUT2D eigenvalue weighted by Gasteiger charge is -2.21. The van der Waals surface area contributed by atoms with Crippen molar-refractivity contribution in [3.63, 3.8) is 0 Å². The van der Waals surface area contributed by atoms with Gasteiger partial charge in [-0.3, -0.25) is 9.10 Å². The molecule has 148 valence electrons. The van der Waals surface area contributed by atoms with Gasteiger partial charge in [-0.2, -0.15) is 0 Å². The predicted molar refractivity (Wildman–Crippen MR) is 107 cm³/mol. The van der Waals surface area contributed by atoms with E-state index in [0.29, 0.717) is 24.3 Å². The van der Waals surface area contributed by atoms with Gasteiger partial charge >= 0.3 is 5.97 Å². The second kappa shape index (κ2) is 8.02. The number of rotatable bonds is 5. The zero-order valence-electron chi connectivity index (χ0n) is 15.7. The molecule has 0 saturated carbocycles. The van der Waals surface area contributed by atoms with Crippen molar-refractivity contribution < 1.29 is 22.7 Å². The number of para-hydroxylation sites is 1. The van der Waals surface area contributed by atoms with E-state index in [1.54, 1.807) is 31.3 Å². The van der Waals surface area contributed by atoms with Crippen molar-refractivity contribution in [2.45, 2.75) is 19.4 Å². The van der Waals surface area contributed by atoms with Crippen molar-refractivity contribution in [3.05, 3.63) is 60.2 Å². The van der Waals surface area contributed by atoms with Gasteiger partial charge in [0.25, 0.3) is 5.91 Å². The Balaban J connectivity index is 1.65. The van der Waals surface area contributed by atoms with E-state index in [4.69, 9.17) is 4.74 Å². The molecule has 1 heterocycles. The number of benzene rings is 2. The molecular weight excluding hydrogens is 380 g/mol. The number of carbonyl (C=O) groups is 2. The minimum absolute atomic E-state index is 0.130. The summed E-state index contributed by atoms with van der Waals surface area (Å²) in [5, 5.41) is 0. The maximum absolute atomic E-state index is 12.5. The third-order valence-electron chi connectivity index (χ3n) is 4.60. The number of hydrogen-bond acceptors (Lipinski definition) is 5. The van der Waals surface area contributed by atoms with E-state index in [9.17, 15) is 18.0 Å². The molecule has 0 spiro atoms. The minimum atomic E-state index is -3.27. The molecule has 7 nitrogen and oxygen atoms in total. The fourth-order valence-electron chi connectivity index (χ4n) is 3.02. The molecule has 0 radical (unpaired) electrons. The summed E-state index contributed by atoms with van der Waals surface area (Å²) in [6.07, 6.45) is -0.378. The first-order valence-corrected chi connectivity index (χ1v) is 10.5. The Kier molecular flexibility index (Phi) is 5.69. The maximum atomic E-state index is 12.5. The highest BCUT2D eigenvalue weighted by atomic mass is 32.2. The van der Waals surface area contributed by atoms with Gasteiger partial charge in [0.2, 0.25) is 10.0 Å². The molecule has 28 heavy (non-hydrogen) atoms. The Hall–Kier alpha value is -2.87. The summed E-state index contributed by atoms with van der Waals surface area (Å²) in [4.78, 5) is 26.3. The van der Waals surface area contributed by atoms with Gasteiger partial charge in [-0.25, -0.2) is 13.2 Å². The molecule has 0 aromatic heterocycles. The molecule has 0 aliphatic carbocycles. The van der Waals surface area contributed by atoms with Crippen LogP contribution < -0.4 is 9.21 Å². The Bertz CT molecular complexity index is 958. The molecule has 1 aliphatic heterocycles. The smallest absolute Gasteiger partial charge is 0.338 e. The lowest BCUT2D eigenvalue weighted by atomic mass is 10.2. The monoisotopic (exact) mass is 402 g/mol. The predicted octanol–water partition coefficient (Wildman–Crippen LogP) is 2.43. The molecule has 0 bridgehead atoms. The quantitative estimate of drug-likeness (QED) is 0.718. The molecule has 0 N–H and O–H groups in total. The van der Waals surface area contributed by atoms with Crippen LogP contribution in [-0.2, 0) is 19.6 Å². The summed E-state index contributed by atoms with van der Waals surface area (Å²) < 4.78 is 30.6. The SMILES string of the molecule is C[C@H](OC(=O)c1ccc(N2CCCS2(=O)=O)cc1)C(=O)N(C)c1ccccc1. The van der Waals surface area contributed by atoms with Crippen molar-refractivity contribution in [1.29, 1.82) is 0 Å². The van der Waals surface area contributed by atoms with Gasteiger partial charge < -0.3 is 9.64 Å². The molecule has 2 aromatic carbocycles. The molecule has 1 saturated heterocycles. The largest absolute Gasteiger partial charge is 0.449 e. The van der Waals surface area contributed by atoms with Crippen molar-refractivity contribution in [2.75, 3.05) is 28.6 Å². The summed E-state index contributed by atoms with van der Waals surface area (Å²) >= 11 is 0. The highest BCUT2D eigenvalue weighted by Gasteiger charge is 2.28. The highest BCUT2D eigenvalue weighted by Crippen LogP contribution is 2.24. The molecule has 3 rings (SSSR count). The number of amides is 1. The maximum Gasteiger partial charge on any atom is 0.338 e. The van der Waals surface area contributed by atoms with Crippen LogP contribution in [0.2, 0.25) is 0 Å². The fourth-order valence-corrected chi connectivity index (χ4v) is 4.59. The van der Waals surface area contributed by atoms with Crippen LogP contribution >= 0.6 is 0 Å². The molecule has 1 aliphatic rings. The Morgan fingerprint density at radius 3 is 2.29 bits per heavy atom. The summed E-state index contributed by atoms with van der Waals surface area (Å²) in [6.45, 7) is 1.95. The van der Waals surface area contributed by atoms with Crippen molar-refractivity contribution in [1.82, 2.24) is 0 Å². The van der Waals surface area contributed by atoms with Crippen LogP contribution in [0.25, 0.3) is 0 Å². The van der Waals surface area contributed by atoms with Crippen molar-refractivity contribution in [3.8, 4) is 0 Å². The van der Waals surface area contributed by atoms with E-state index in [1.807, 2.05) is 18.2 Å². The van der Waals surface area contributed by atoms with Crippen LogP contribution in [0.4, 0.5) is 11.4 Å². The second-order valence-corrected chi connectivity index (χ2v) is 8.58. The van der Waals surface area contributed by atoms with Gasteiger partial charge in [0, 0.05) is 19.3 Å². The lowest BCUT2D eigenvalue weighted by molar-refractivity contribution is -0.126. The number of nitrogens with zero attached hydrogens (tertiary/aromatic N) is 2. The first-order chi connectivity index (χ1) is 13.3. The van der Waals surface area contributed by atoms with Crippen LogP contribution in [0.5, 0.6) is 0 Å². The van der Waals surface area contributed by atoms with E-state index in [0.717, 1.165) is 0 Å². The number of carbonyl (C=O) groups excluding carboxylic acids is 2. The Morgan fingerprint density at radius 2 is 1.71 bits per heavy atom. The highest BCUT2D eigenvalue weighted by molar-refractivity contribution is 7.93. The van der Waals surface area contributed by atoms with E-state index in [2.05, 4.69) is 0 Å². The third kappa shape index (κ3) is 4.17. The third-order valence-corrected chi connectivity index (χ3v) is 6.47. The van der Waals surface area contributed by atoms with E-state index in [-0.39, 0.29) is 17.2 Å². The number of hydrogen-bond donors (Lipinski definition) is 0. The molecule has 1 amide bonds. The number of anilines is 2. The zero-order valence-corrected chi connectivity index (χ0v) is 16.6. The molecule has 8 heteroatoms. The van der Waals surface area contributed by atoms with Gasteiger partial charge in [-0.1, -0.05) is 18.2 Å². The Labute approximate surface area is 164 Å². The molecular formula is C20H22N2O5S. The zero-order chi connectivity index (χ0) is 20.3. The topological polar surface area (TPSA) is 84.0 Å². The van der Waals surface area contributed by atoms with Crippen LogP contribution in [-0.4, -0.2) is 45.7 Å². The number of sulfonamides is 1. The van der Waals surface area contributed by atoms with Crippen LogP contribution in [0.1, 0.15) is 23.7 Å². The standard InChI is InChI=1S/C20H22N2O5S/c1-15(19(23)21(2)17-7-4-3-5-8-17)27-20(24)16-9-11-18(12-10-16)22-13-6-14-28(22,25)26/h3-5,7-12,15H,6,13-14H2,1-2H3/t15-/m0/s1. The van der Waals surface area contributed by atoms with Gasteiger partial charge in [-0.15, -0.1) is 0 Å². The summed E-state index contributed by atoms with van der Waals surface area (Å²) in [7, 11) is -1.65. The van der Waals surface area contributed by atoms with E-state index < -0.39 is 22.1 Å². The van der Waals surface area contributed by atoms with Gasteiger partial charge in [-0.05, 0) is 49.7 Å². The second-order valence-electron chi connectivity index (χ2n) is 6.57. The summed E-state index contributed by atoms with van der Waals surface area (Å²) in [5.74, 6) is -0.858. The van der Waals surface area contributed by atoms with E-state index >= 15 is 0 Å². The normalized spacial score (nSPS) is 16.4. The molecule has 2 aromatic rings. The van der Waals surface area contributed by atoms with Crippen molar-refractivity contribution >= 4 is 33.3 Å². The number of likely N-dealkylation sites (N-methyl/N-ethyl adjacent to an activating group) is 1. The molecule has 0 unspecified atom stereocenters. The first kappa shape index (κ1) is 19.9. The fraction of sp³-hybridized carbons (Fsp3) is 0.300. The molecule has 1 atom stereocenters. The Morgan fingerprint density at radius 1 is 1.07 bits per heavy atom. The van der Waals surface area contributed by atoms with Gasteiger partial charge in [0.05, 0.1) is 17.0 Å². The summed E-state index contributed by atoms with van der Waals surface area (Å²) in [6, 6.07) is 15.2. The average molecular weight is 402 g/mol. The van der Waals surface area contributed by atoms with Crippen LogP contribution in [0, 0.1) is 0 Å². The average Bonchev–Trinajstić information content (AvgIpc) is 3.06. The van der Waals surface area contributed by atoms with Crippen LogP contribution in [0.15, 0.2) is 54.6 Å². The van der Waals surface area contributed by atoms with Crippen LogP contribution in [0.3, 0.4) is 0 Å². The van der Waals surface area contributed by atoms with Gasteiger partial charge in [0.15, 0.2) is 6.10 Å². The van der Waals surface area contributed by atoms with Crippen molar-refractivity contribution in [2.24, 2.45) is 0 Å².